The summed E-state index contributed by atoms with van der Waals surface area (Å²) in [5.74, 6) is 0. The molecular formula is C11H18BrNOS. The highest BCUT2D eigenvalue weighted by atomic mass is 79.9. The van der Waals surface area contributed by atoms with Crippen LogP contribution in [0.1, 0.15) is 25.1 Å². The van der Waals surface area contributed by atoms with Gasteiger partial charge in [-0.05, 0) is 67.8 Å². The highest BCUT2D eigenvalue weighted by Crippen LogP contribution is 2.22. The molecule has 0 saturated heterocycles. The molecule has 0 aliphatic carbocycles. The lowest BCUT2D eigenvalue weighted by Crippen LogP contribution is -2.27. The summed E-state index contributed by atoms with van der Waals surface area (Å²) >= 11 is 5.22. The fourth-order valence-electron chi connectivity index (χ4n) is 1.22. The molecule has 0 saturated carbocycles. The molecule has 0 atom stereocenters. The monoisotopic (exact) mass is 291 g/mol. The van der Waals surface area contributed by atoms with Gasteiger partial charge in [0.25, 0.3) is 0 Å². The minimum atomic E-state index is -0.557. The molecule has 0 radical (unpaired) electrons. The molecule has 15 heavy (non-hydrogen) atoms. The summed E-state index contributed by atoms with van der Waals surface area (Å²) in [7, 11) is 0. The SMILES string of the molecule is CC(C)(O)CCNCCc1ccc(Br)s1. The summed E-state index contributed by atoms with van der Waals surface area (Å²) in [6, 6.07) is 4.23. The Morgan fingerprint density at radius 2 is 2.13 bits per heavy atom. The topological polar surface area (TPSA) is 32.3 Å². The van der Waals surface area contributed by atoms with Crippen LogP contribution in [0.3, 0.4) is 0 Å². The van der Waals surface area contributed by atoms with E-state index in [0.717, 1.165) is 25.9 Å². The van der Waals surface area contributed by atoms with Crippen LogP contribution < -0.4 is 5.32 Å². The van der Waals surface area contributed by atoms with E-state index in [0.29, 0.717) is 0 Å². The molecule has 0 bridgehead atoms. The lowest BCUT2D eigenvalue weighted by Gasteiger charge is -2.16. The third-order valence-corrected chi connectivity index (χ3v) is 3.77. The van der Waals surface area contributed by atoms with E-state index in [-0.39, 0.29) is 0 Å². The van der Waals surface area contributed by atoms with Gasteiger partial charge >= 0.3 is 0 Å². The first kappa shape index (κ1) is 13.2. The standard InChI is InChI=1S/C11H18BrNOS/c1-11(2,14)6-8-13-7-5-9-3-4-10(12)15-9/h3-4,13-14H,5-8H2,1-2H3. The molecule has 0 aliphatic heterocycles. The van der Waals surface area contributed by atoms with Crippen molar-refractivity contribution in [2.45, 2.75) is 32.3 Å². The number of aliphatic hydroxyl groups is 1. The molecule has 1 heterocycles. The zero-order valence-electron chi connectivity index (χ0n) is 9.22. The van der Waals surface area contributed by atoms with Crippen LogP contribution in [-0.4, -0.2) is 23.8 Å². The van der Waals surface area contributed by atoms with Crippen LogP contribution in [0.15, 0.2) is 15.9 Å². The number of hydrogen-bond donors (Lipinski definition) is 2. The molecule has 1 rings (SSSR count). The van der Waals surface area contributed by atoms with Gasteiger partial charge in [0.15, 0.2) is 0 Å². The first-order chi connectivity index (χ1) is 6.97. The summed E-state index contributed by atoms with van der Waals surface area (Å²) in [5.41, 5.74) is -0.557. The maximum atomic E-state index is 9.49. The predicted octanol–water partition coefficient (Wildman–Crippen LogP) is 2.80. The van der Waals surface area contributed by atoms with Gasteiger partial charge < -0.3 is 10.4 Å². The molecule has 0 unspecified atom stereocenters. The van der Waals surface area contributed by atoms with Crippen LogP contribution in [0.5, 0.6) is 0 Å². The number of halogens is 1. The molecule has 4 heteroatoms. The molecule has 0 amide bonds. The van der Waals surface area contributed by atoms with Crippen molar-refractivity contribution in [2.24, 2.45) is 0 Å². The molecule has 2 N–H and O–H groups in total. The van der Waals surface area contributed by atoms with Gasteiger partial charge in [0, 0.05) is 4.88 Å². The average molecular weight is 292 g/mol. The summed E-state index contributed by atoms with van der Waals surface area (Å²) in [5, 5.41) is 12.8. The molecule has 1 aromatic rings. The number of thiophene rings is 1. The molecule has 1 aromatic heterocycles. The largest absolute Gasteiger partial charge is 0.390 e. The summed E-state index contributed by atoms with van der Waals surface area (Å²) < 4.78 is 1.19. The molecule has 86 valence electrons. The van der Waals surface area contributed by atoms with E-state index in [1.54, 1.807) is 11.3 Å². The van der Waals surface area contributed by atoms with Crippen molar-refractivity contribution in [1.82, 2.24) is 5.32 Å². The van der Waals surface area contributed by atoms with Crippen molar-refractivity contribution in [2.75, 3.05) is 13.1 Å². The van der Waals surface area contributed by atoms with Gasteiger partial charge in [0.05, 0.1) is 9.39 Å². The third-order valence-electron chi connectivity index (χ3n) is 2.09. The van der Waals surface area contributed by atoms with Crippen molar-refractivity contribution >= 4 is 27.3 Å². The van der Waals surface area contributed by atoms with Gasteiger partial charge in [0.2, 0.25) is 0 Å². The predicted molar refractivity (Wildman–Crippen MR) is 69.5 cm³/mol. The Labute approximate surface area is 104 Å². The van der Waals surface area contributed by atoms with Gasteiger partial charge in [0.1, 0.15) is 0 Å². The molecule has 0 spiro atoms. The zero-order valence-corrected chi connectivity index (χ0v) is 11.6. The number of nitrogens with one attached hydrogen (secondary N) is 1. The van der Waals surface area contributed by atoms with Crippen molar-refractivity contribution in [3.05, 3.63) is 20.8 Å². The summed E-state index contributed by atoms with van der Waals surface area (Å²) in [6.07, 6.45) is 1.85. The van der Waals surface area contributed by atoms with Crippen molar-refractivity contribution < 1.29 is 5.11 Å². The van der Waals surface area contributed by atoms with Crippen LogP contribution >= 0.6 is 27.3 Å². The van der Waals surface area contributed by atoms with E-state index in [2.05, 4.69) is 33.4 Å². The highest BCUT2D eigenvalue weighted by Gasteiger charge is 2.10. The van der Waals surface area contributed by atoms with E-state index >= 15 is 0 Å². The van der Waals surface area contributed by atoms with Crippen molar-refractivity contribution in [1.29, 1.82) is 0 Å². The molecule has 2 nitrogen and oxygen atoms in total. The minimum absolute atomic E-state index is 0.557. The third kappa shape index (κ3) is 6.30. The lowest BCUT2D eigenvalue weighted by atomic mass is 10.1. The van der Waals surface area contributed by atoms with Crippen molar-refractivity contribution in [3.63, 3.8) is 0 Å². The van der Waals surface area contributed by atoms with E-state index in [4.69, 9.17) is 0 Å². The normalized spacial score (nSPS) is 12.0. The maximum Gasteiger partial charge on any atom is 0.0701 e. The quantitative estimate of drug-likeness (QED) is 0.790. The van der Waals surface area contributed by atoms with E-state index in [1.165, 1.54) is 8.66 Å². The first-order valence-corrected chi connectivity index (χ1v) is 6.76. The van der Waals surface area contributed by atoms with Crippen LogP contribution in [0.25, 0.3) is 0 Å². The second-order valence-corrected chi connectivity index (χ2v) is 6.82. The second kappa shape index (κ2) is 5.99. The molecular weight excluding hydrogens is 274 g/mol. The zero-order chi connectivity index (χ0) is 11.3. The Bertz CT molecular complexity index is 293. The summed E-state index contributed by atoms with van der Waals surface area (Å²) in [4.78, 5) is 1.39. The Balaban J connectivity index is 2.07. The van der Waals surface area contributed by atoms with Crippen LogP contribution in [-0.2, 0) is 6.42 Å². The maximum absolute atomic E-state index is 9.49. The van der Waals surface area contributed by atoms with Crippen LogP contribution in [0, 0.1) is 0 Å². The van der Waals surface area contributed by atoms with Gasteiger partial charge in [-0.25, -0.2) is 0 Å². The van der Waals surface area contributed by atoms with E-state index < -0.39 is 5.60 Å². The lowest BCUT2D eigenvalue weighted by molar-refractivity contribution is 0.0713. The Kier molecular flexibility index (Phi) is 5.26. The van der Waals surface area contributed by atoms with Crippen LogP contribution in [0.4, 0.5) is 0 Å². The molecule has 0 aliphatic rings. The number of hydrogen-bond acceptors (Lipinski definition) is 3. The van der Waals surface area contributed by atoms with Crippen molar-refractivity contribution in [3.8, 4) is 0 Å². The smallest absolute Gasteiger partial charge is 0.0701 e. The first-order valence-electron chi connectivity index (χ1n) is 5.15. The Hall–Kier alpha value is 0.1000. The van der Waals surface area contributed by atoms with Gasteiger partial charge in [-0.3, -0.25) is 0 Å². The Morgan fingerprint density at radius 3 is 2.67 bits per heavy atom. The van der Waals surface area contributed by atoms with E-state index in [9.17, 15) is 5.11 Å². The minimum Gasteiger partial charge on any atom is -0.390 e. The van der Waals surface area contributed by atoms with Gasteiger partial charge in [-0.15, -0.1) is 11.3 Å². The highest BCUT2D eigenvalue weighted by molar-refractivity contribution is 9.11. The second-order valence-electron chi connectivity index (χ2n) is 4.27. The molecule has 0 fully saturated rings. The fraction of sp³-hybridized carbons (Fsp3) is 0.636. The van der Waals surface area contributed by atoms with Gasteiger partial charge in [-0.2, -0.15) is 0 Å². The summed E-state index contributed by atoms with van der Waals surface area (Å²) in [6.45, 7) is 5.52. The van der Waals surface area contributed by atoms with E-state index in [1.807, 2.05) is 13.8 Å². The van der Waals surface area contributed by atoms with Crippen LogP contribution in [0.2, 0.25) is 0 Å². The van der Waals surface area contributed by atoms with Gasteiger partial charge in [-0.1, -0.05) is 0 Å². The Morgan fingerprint density at radius 1 is 1.40 bits per heavy atom. The average Bonchev–Trinajstić information content (AvgIpc) is 2.49. The number of rotatable bonds is 6. The molecule has 0 aromatic carbocycles. The fourth-order valence-corrected chi connectivity index (χ4v) is 2.70.